The minimum Gasteiger partial charge on any atom is -0.353 e. The maximum Gasteiger partial charge on any atom is 0.244 e. The zero-order valence-corrected chi connectivity index (χ0v) is 13.5. The van der Waals surface area contributed by atoms with E-state index in [-0.39, 0.29) is 5.82 Å². The summed E-state index contributed by atoms with van der Waals surface area (Å²) < 4.78 is 12.9. The van der Waals surface area contributed by atoms with Gasteiger partial charge in [-0.1, -0.05) is 29.8 Å². The summed E-state index contributed by atoms with van der Waals surface area (Å²) >= 11 is 5.95. The molecule has 0 fully saturated rings. The van der Waals surface area contributed by atoms with Crippen LogP contribution >= 0.6 is 11.6 Å². The van der Waals surface area contributed by atoms with Crippen LogP contribution in [0.5, 0.6) is 0 Å². The Balaban J connectivity index is 1.57. The van der Waals surface area contributed by atoms with Crippen molar-refractivity contribution in [1.82, 2.24) is 15.2 Å². The van der Waals surface area contributed by atoms with Gasteiger partial charge in [-0.3, -0.25) is 0 Å². The van der Waals surface area contributed by atoms with Gasteiger partial charge in [-0.2, -0.15) is 10.1 Å². The SMILES string of the molecule is Fc1ccc(CCNc2nncc(Nc3cccc(Cl)c3)n2)cc1. The molecule has 0 saturated carbocycles. The number of nitrogens with one attached hydrogen (secondary N) is 2. The van der Waals surface area contributed by atoms with Crippen molar-refractivity contribution in [3.8, 4) is 0 Å². The third kappa shape index (κ3) is 4.63. The molecule has 0 aliphatic rings. The highest BCUT2D eigenvalue weighted by Gasteiger charge is 2.02. The van der Waals surface area contributed by atoms with E-state index in [1.807, 2.05) is 12.1 Å². The molecule has 1 heterocycles. The van der Waals surface area contributed by atoms with E-state index >= 15 is 0 Å². The number of rotatable bonds is 6. The first-order valence-corrected chi connectivity index (χ1v) is 7.77. The van der Waals surface area contributed by atoms with Gasteiger partial charge in [0.1, 0.15) is 5.82 Å². The molecule has 0 saturated heterocycles. The number of hydrogen-bond donors (Lipinski definition) is 2. The van der Waals surface area contributed by atoms with Gasteiger partial charge >= 0.3 is 0 Å². The Morgan fingerprint density at radius 1 is 1.08 bits per heavy atom. The Kier molecular flexibility index (Phi) is 5.18. The predicted molar refractivity (Wildman–Crippen MR) is 93.2 cm³/mol. The van der Waals surface area contributed by atoms with E-state index in [1.165, 1.54) is 18.3 Å². The van der Waals surface area contributed by atoms with Gasteiger partial charge in [0.2, 0.25) is 5.95 Å². The molecule has 122 valence electrons. The zero-order valence-electron chi connectivity index (χ0n) is 12.7. The molecule has 1 aromatic heterocycles. The fraction of sp³-hybridized carbons (Fsp3) is 0.118. The third-order valence-corrected chi connectivity index (χ3v) is 3.50. The smallest absolute Gasteiger partial charge is 0.244 e. The Hall–Kier alpha value is -2.73. The quantitative estimate of drug-likeness (QED) is 0.706. The average Bonchev–Trinajstić information content (AvgIpc) is 2.57. The van der Waals surface area contributed by atoms with Crippen molar-refractivity contribution in [1.29, 1.82) is 0 Å². The fourth-order valence-electron chi connectivity index (χ4n) is 2.12. The Morgan fingerprint density at radius 3 is 2.71 bits per heavy atom. The van der Waals surface area contributed by atoms with Gasteiger partial charge in [-0.15, -0.1) is 5.10 Å². The van der Waals surface area contributed by atoms with E-state index in [2.05, 4.69) is 25.8 Å². The summed E-state index contributed by atoms with van der Waals surface area (Å²) in [6, 6.07) is 13.7. The van der Waals surface area contributed by atoms with Gasteiger partial charge in [0.05, 0.1) is 6.20 Å². The second-order valence-corrected chi connectivity index (χ2v) is 5.54. The van der Waals surface area contributed by atoms with Crippen molar-refractivity contribution in [3.05, 3.63) is 71.1 Å². The molecular formula is C17H15ClFN5. The van der Waals surface area contributed by atoms with Crippen LogP contribution in [0.3, 0.4) is 0 Å². The van der Waals surface area contributed by atoms with Crippen LogP contribution in [0.25, 0.3) is 0 Å². The predicted octanol–water partition coefficient (Wildman–Crippen LogP) is 4.06. The second kappa shape index (κ2) is 7.70. The number of benzene rings is 2. The van der Waals surface area contributed by atoms with E-state index in [0.717, 1.165) is 17.7 Å². The number of hydrogen-bond acceptors (Lipinski definition) is 5. The van der Waals surface area contributed by atoms with E-state index in [1.54, 1.807) is 24.3 Å². The first-order chi connectivity index (χ1) is 11.7. The highest BCUT2D eigenvalue weighted by molar-refractivity contribution is 6.30. The summed E-state index contributed by atoms with van der Waals surface area (Å²) in [5.41, 5.74) is 1.85. The monoisotopic (exact) mass is 343 g/mol. The summed E-state index contributed by atoms with van der Waals surface area (Å²) in [6.07, 6.45) is 2.27. The van der Waals surface area contributed by atoms with Crippen LogP contribution < -0.4 is 10.6 Å². The van der Waals surface area contributed by atoms with Crippen molar-refractivity contribution in [3.63, 3.8) is 0 Å². The van der Waals surface area contributed by atoms with Gasteiger partial charge in [-0.25, -0.2) is 4.39 Å². The summed E-state index contributed by atoms with van der Waals surface area (Å²) in [6.45, 7) is 0.619. The van der Waals surface area contributed by atoms with Gasteiger partial charge in [0.15, 0.2) is 5.82 Å². The fourth-order valence-corrected chi connectivity index (χ4v) is 2.31. The Bertz CT molecular complexity index is 810. The Labute approximate surface area is 143 Å². The molecule has 3 rings (SSSR count). The molecule has 7 heteroatoms. The van der Waals surface area contributed by atoms with Crippen LogP contribution in [0.1, 0.15) is 5.56 Å². The highest BCUT2D eigenvalue weighted by atomic mass is 35.5. The van der Waals surface area contributed by atoms with Crippen molar-refractivity contribution in [2.75, 3.05) is 17.2 Å². The van der Waals surface area contributed by atoms with Crippen molar-refractivity contribution >= 4 is 29.1 Å². The van der Waals surface area contributed by atoms with Crippen LogP contribution in [0.2, 0.25) is 5.02 Å². The lowest BCUT2D eigenvalue weighted by Crippen LogP contribution is -2.09. The van der Waals surface area contributed by atoms with Gasteiger partial charge in [-0.05, 0) is 42.3 Å². The average molecular weight is 344 g/mol. The molecule has 0 aliphatic heterocycles. The molecule has 2 aromatic carbocycles. The lowest BCUT2D eigenvalue weighted by molar-refractivity contribution is 0.627. The van der Waals surface area contributed by atoms with E-state index in [4.69, 9.17) is 11.6 Å². The summed E-state index contributed by atoms with van der Waals surface area (Å²) in [5.74, 6) is 0.750. The van der Waals surface area contributed by atoms with Crippen LogP contribution in [-0.4, -0.2) is 21.7 Å². The Morgan fingerprint density at radius 2 is 1.92 bits per heavy atom. The maximum absolute atomic E-state index is 12.9. The van der Waals surface area contributed by atoms with Crippen LogP contribution in [0, 0.1) is 5.82 Å². The highest BCUT2D eigenvalue weighted by Crippen LogP contribution is 2.18. The van der Waals surface area contributed by atoms with Crippen molar-refractivity contribution in [2.24, 2.45) is 0 Å². The largest absolute Gasteiger partial charge is 0.353 e. The second-order valence-electron chi connectivity index (χ2n) is 5.10. The lowest BCUT2D eigenvalue weighted by atomic mass is 10.1. The third-order valence-electron chi connectivity index (χ3n) is 3.27. The molecule has 24 heavy (non-hydrogen) atoms. The van der Waals surface area contributed by atoms with Crippen LogP contribution in [0.15, 0.2) is 54.7 Å². The van der Waals surface area contributed by atoms with E-state index < -0.39 is 0 Å². The maximum atomic E-state index is 12.9. The standard InChI is InChI=1S/C17H15ClFN5/c18-13-2-1-3-15(10-13)22-16-11-21-24-17(23-16)20-9-8-12-4-6-14(19)7-5-12/h1-7,10-11H,8-9H2,(H2,20,22,23,24). The molecule has 2 N–H and O–H groups in total. The van der Waals surface area contributed by atoms with Crippen molar-refractivity contribution < 1.29 is 4.39 Å². The van der Waals surface area contributed by atoms with Crippen molar-refractivity contribution in [2.45, 2.75) is 6.42 Å². The molecule has 0 amide bonds. The number of halogens is 2. The lowest BCUT2D eigenvalue weighted by Gasteiger charge is -2.08. The topological polar surface area (TPSA) is 62.7 Å². The summed E-state index contributed by atoms with van der Waals surface area (Å²) in [4.78, 5) is 4.34. The number of anilines is 3. The van der Waals surface area contributed by atoms with E-state index in [9.17, 15) is 4.39 Å². The molecule has 0 bridgehead atoms. The van der Waals surface area contributed by atoms with Gasteiger partial charge in [0, 0.05) is 17.3 Å². The molecular weight excluding hydrogens is 329 g/mol. The first-order valence-electron chi connectivity index (χ1n) is 7.40. The van der Waals surface area contributed by atoms with Crippen LogP contribution in [0.4, 0.5) is 21.8 Å². The van der Waals surface area contributed by atoms with E-state index in [0.29, 0.717) is 23.3 Å². The van der Waals surface area contributed by atoms with Gasteiger partial charge in [0.25, 0.3) is 0 Å². The molecule has 5 nitrogen and oxygen atoms in total. The molecule has 0 spiro atoms. The summed E-state index contributed by atoms with van der Waals surface area (Å²) in [7, 11) is 0. The molecule has 0 unspecified atom stereocenters. The molecule has 0 aliphatic carbocycles. The zero-order chi connectivity index (χ0) is 16.8. The molecule has 0 atom stereocenters. The minimum absolute atomic E-state index is 0.237. The minimum atomic E-state index is -0.237. The summed E-state index contributed by atoms with van der Waals surface area (Å²) in [5, 5.41) is 14.7. The molecule has 0 radical (unpaired) electrons. The normalized spacial score (nSPS) is 10.4. The first kappa shape index (κ1) is 16.1. The number of nitrogens with zero attached hydrogens (tertiary/aromatic N) is 3. The van der Waals surface area contributed by atoms with Crippen LogP contribution in [-0.2, 0) is 6.42 Å². The van der Waals surface area contributed by atoms with Gasteiger partial charge < -0.3 is 10.6 Å². The number of aromatic nitrogens is 3. The molecule has 3 aromatic rings.